The summed E-state index contributed by atoms with van der Waals surface area (Å²) in [5, 5.41) is 1.24. The lowest BCUT2D eigenvalue weighted by molar-refractivity contribution is 0.0851. The van der Waals surface area contributed by atoms with Crippen LogP contribution in [-0.4, -0.2) is 27.8 Å². The van der Waals surface area contributed by atoms with Gasteiger partial charge in [-0.25, -0.2) is 9.38 Å². The molecule has 0 saturated carbocycles. The van der Waals surface area contributed by atoms with Gasteiger partial charge in [0, 0.05) is 11.8 Å². The maximum Gasteiger partial charge on any atom is 0.262 e. The fourth-order valence-corrected chi connectivity index (χ4v) is 3.50. The molecule has 2 aromatic carbocycles. The first kappa shape index (κ1) is 16.0. The Balaban J connectivity index is 1.96. The third kappa shape index (κ3) is 3.41. The van der Waals surface area contributed by atoms with Crippen molar-refractivity contribution in [2.45, 2.75) is 12.2 Å². The van der Waals surface area contributed by atoms with Gasteiger partial charge in [0.2, 0.25) is 0 Å². The minimum absolute atomic E-state index is 0.0501. The molecule has 0 N–H and O–H groups in total. The number of rotatable bonds is 2. The molecule has 1 saturated heterocycles. The van der Waals surface area contributed by atoms with E-state index in [9.17, 15) is 9.18 Å². The molecule has 1 aliphatic heterocycles. The summed E-state index contributed by atoms with van der Waals surface area (Å²) in [6.45, 7) is 2.49. The Kier molecular flexibility index (Phi) is 4.68. The van der Waals surface area contributed by atoms with Crippen molar-refractivity contribution in [3.05, 3.63) is 64.9 Å². The number of amides is 1. The van der Waals surface area contributed by atoms with Crippen molar-refractivity contribution in [3.8, 4) is 0 Å². The molecule has 1 heterocycles. The quantitative estimate of drug-likeness (QED) is 0.785. The van der Waals surface area contributed by atoms with E-state index in [0.29, 0.717) is 22.4 Å². The summed E-state index contributed by atoms with van der Waals surface area (Å²) < 4.78 is 13.9. The topological polar surface area (TPSA) is 32.7 Å². The predicted octanol–water partition coefficient (Wildman–Crippen LogP) is 4.74. The van der Waals surface area contributed by atoms with E-state index in [4.69, 9.17) is 11.6 Å². The van der Waals surface area contributed by atoms with Crippen LogP contribution in [0.3, 0.4) is 0 Å². The highest BCUT2D eigenvalue weighted by Crippen LogP contribution is 2.32. The average molecular weight is 349 g/mol. The summed E-state index contributed by atoms with van der Waals surface area (Å²) in [7, 11) is 0. The molecule has 1 atom stereocenters. The van der Waals surface area contributed by atoms with Crippen molar-refractivity contribution in [1.82, 2.24) is 4.90 Å². The van der Waals surface area contributed by atoms with E-state index in [1.807, 2.05) is 19.1 Å². The Morgan fingerprint density at radius 2 is 1.96 bits per heavy atom. The normalized spacial score (nSPS) is 19.3. The fraction of sp³-hybridized carbons (Fsp3) is 0.176. The van der Waals surface area contributed by atoms with E-state index in [1.165, 1.54) is 28.8 Å². The molecule has 6 heteroatoms. The Hall–Kier alpha value is -1.85. The predicted molar refractivity (Wildman–Crippen MR) is 93.0 cm³/mol. The second-order valence-electron chi connectivity index (χ2n) is 5.17. The van der Waals surface area contributed by atoms with Gasteiger partial charge in [-0.3, -0.25) is 9.69 Å². The van der Waals surface area contributed by atoms with Crippen LogP contribution in [-0.2, 0) is 0 Å². The number of thioether (sulfide) groups is 1. The minimum Gasteiger partial charge on any atom is -0.286 e. The lowest BCUT2D eigenvalue weighted by Crippen LogP contribution is -2.33. The lowest BCUT2D eigenvalue weighted by Gasteiger charge is -2.16. The van der Waals surface area contributed by atoms with Crippen molar-refractivity contribution >= 4 is 40.1 Å². The van der Waals surface area contributed by atoms with Crippen LogP contribution in [0.4, 0.5) is 10.1 Å². The van der Waals surface area contributed by atoms with Crippen LogP contribution in [0.1, 0.15) is 17.3 Å². The number of hydrogen-bond donors (Lipinski definition) is 0. The van der Waals surface area contributed by atoms with Crippen LogP contribution in [0.5, 0.6) is 0 Å². The third-order valence-corrected chi connectivity index (χ3v) is 4.79. The van der Waals surface area contributed by atoms with Crippen molar-refractivity contribution in [2.24, 2.45) is 4.99 Å². The summed E-state index contributed by atoms with van der Waals surface area (Å²) in [5.74, 6) is -0.912. The smallest absolute Gasteiger partial charge is 0.262 e. The lowest BCUT2D eigenvalue weighted by atomic mass is 10.2. The number of benzene rings is 2. The number of nitrogens with zero attached hydrogens (tertiary/aromatic N) is 2. The van der Waals surface area contributed by atoms with Crippen LogP contribution >= 0.6 is 23.4 Å². The first-order valence-electron chi connectivity index (χ1n) is 7.12. The van der Waals surface area contributed by atoms with Crippen LogP contribution in [0.15, 0.2) is 53.5 Å². The van der Waals surface area contributed by atoms with E-state index in [2.05, 4.69) is 4.99 Å². The SMILES string of the molecule is C[C@H]1CN(C(=O)c2ccccc2F)C(=Nc2ccccc2Cl)S1. The maximum absolute atomic E-state index is 13.9. The molecule has 3 rings (SSSR count). The molecule has 118 valence electrons. The molecular formula is C17H14ClFN2OS. The molecular weight excluding hydrogens is 335 g/mol. The Bertz CT molecular complexity index is 781. The highest BCUT2D eigenvalue weighted by Gasteiger charge is 2.32. The van der Waals surface area contributed by atoms with Gasteiger partial charge in [0.15, 0.2) is 5.17 Å². The summed E-state index contributed by atoms with van der Waals surface area (Å²) >= 11 is 7.61. The molecule has 0 spiro atoms. The van der Waals surface area contributed by atoms with Crippen LogP contribution in [0.25, 0.3) is 0 Å². The number of carbonyl (C=O) groups excluding carboxylic acids is 1. The molecule has 0 aliphatic carbocycles. The zero-order valence-corrected chi connectivity index (χ0v) is 13.9. The van der Waals surface area contributed by atoms with E-state index >= 15 is 0 Å². The Labute approximate surface area is 143 Å². The van der Waals surface area contributed by atoms with E-state index in [0.717, 1.165) is 0 Å². The Morgan fingerprint density at radius 1 is 1.26 bits per heavy atom. The number of hydrogen-bond acceptors (Lipinski definition) is 3. The fourth-order valence-electron chi connectivity index (χ4n) is 2.30. The van der Waals surface area contributed by atoms with Crippen molar-refractivity contribution < 1.29 is 9.18 Å². The van der Waals surface area contributed by atoms with Crippen molar-refractivity contribution in [1.29, 1.82) is 0 Å². The molecule has 3 nitrogen and oxygen atoms in total. The zero-order valence-electron chi connectivity index (χ0n) is 12.4. The molecule has 2 aromatic rings. The van der Waals surface area contributed by atoms with E-state index < -0.39 is 5.82 Å². The number of aliphatic imine (C=N–C) groups is 1. The largest absolute Gasteiger partial charge is 0.286 e. The van der Waals surface area contributed by atoms with Crippen LogP contribution < -0.4 is 0 Å². The van der Waals surface area contributed by atoms with Gasteiger partial charge in [0.25, 0.3) is 5.91 Å². The monoisotopic (exact) mass is 348 g/mol. The second-order valence-corrected chi connectivity index (χ2v) is 6.98. The molecule has 1 fully saturated rings. The average Bonchev–Trinajstić information content (AvgIpc) is 2.90. The first-order valence-corrected chi connectivity index (χ1v) is 8.38. The van der Waals surface area contributed by atoms with Crippen LogP contribution in [0.2, 0.25) is 5.02 Å². The zero-order chi connectivity index (χ0) is 16.4. The van der Waals surface area contributed by atoms with E-state index in [-0.39, 0.29) is 16.7 Å². The van der Waals surface area contributed by atoms with Gasteiger partial charge < -0.3 is 0 Å². The van der Waals surface area contributed by atoms with Crippen LogP contribution in [0, 0.1) is 5.82 Å². The number of amidine groups is 1. The van der Waals surface area contributed by atoms with Crippen molar-refractivity contribution in [2.75, 3.05) is 6.54 Å². The van der Waals surface area contributed by atoms with Gasteiger partial charge in [-0.15, -0.1) is 0 Å². The Morgan fingerprint density at radius 3 is 2.70 bits per heavy atom. The van der Waals surface area contributed by atoms with Gasteiger partial charge in [0.1, 0.15) is 5.82 Å². The van der Waals surface area contributed by atoms with Gasteiger partial charge in [-0.2, -0.15) is 0 Å². The number of para-hydroxylation sites is 1. The highest BCUT2D eigenvalue weighted by atomic mass is 35.5. The summed E-state index contributed by atoms with van der Waals surface area (Å²) in [4.78, 5) is 18.7. The molecule has 1 amide bonds. The third-order valence-electron chi connectivity index (χ3n) is 3.40. The van der Waals surface area contributed by atoms with Crippen molar-refractivity contribution in [3.63, 3.8) is 0 Å². The minimum atomic E-state index is -0.529. The number of carbonyl (C=O) groups is 1. The molecule has 0 bridgehead atoms. The second kappa shape index (κ2) is 6.72. The molecule has 23 heavy (non-hydrogen) atoms. The summed E-state index contributed by atoms with van der Waals surface area (Å²) in [6.07, 6.45) is 0. The molecule has 1 aliphatic rings. The molecule has 0 unspecified atom stereocenters. The summed E-state index contributed by atoms with van der Waals surface area (Å²) in [5.41, 5.74) is 0.645. The standard InChI is InChI=1S/C17H14ClFN2OS/c1-11-10-21(16(22)12-6-2-4-8-14(12)19)17(23-11)20-15-9-5-3-7-13(15)18/h2-9,11H,10H2,1H3/t11-/m0/s1. The van der Waals surface area contributed by atoms with E-state index in [1.54, 1.807) is 24.3 Å². The number of halogens is 2. The highest BCUT2D eigenvalue weighted by molar-refractivity contribution is 8.14. The molecule has 0 radical (unpaired) electrons. The maximum atomic E-state index is 13.9. The van der Waals surface area contributed by atoms with Gasteiger partial charge in [0.05, 0.1) is 16.3 Å². The van der Waals surface area contributed by atoms with Gasteiger partial charge in [-0.05, 0) is 24.3 Å². The summed E-state index contributed by atoms with van der Waals surface area (Å²) in [6, 6.07) is 13.1. The molecule has 0 aromatic heterocycles. The van der Waals surface area contributed by atoms with Gasteiger partial charge >= 0.3 is 0 Å². The first-order chi connectivity index (χ1) is 11.1. The van der Waals surface area contributed by atoms with Gasteiger partial charge in [-0.1, -0.05) is 54.6 Å².